The van der Waals surface area contributed by atoms with Crippen molar-refractivity contribution in [2.75, 3.05) is 18.5 Å². The molecule has 1 saturated heterocycles. The Hall–Kier alpha value is -3.70. The van der Waals surface area contributed by atoms with Crippen molar-refractivity contribution in [1.82, 2.24) is 4.90 Å². The summed E-state index contributed by atoms with van der Waals surface area (Å²) in [5, 5.41) is 1.93. The van der Waals surface area contributed by atoms with Gasteiger partial charge in [0.2, 0.25) is 5.91 Å². The van der Waals surface area contributed by atoms with Crippen LogP contribution in [0.15, 0.2) is 70.0 Å². The van der Waals surface area contributed by atoms with Crippen molar-refractivity contribution in [3.05, 3.63) is 92.8 Å². The van der Waals surface area contributed by atoms with Gasteiger partial charge in [-0.05, 0) is 88.7 Å². The Bertz CT molecular complexity index is 1420. The number of rotatable bonds is 9. The Morgan fingerprint density at radius 2 is 1.82 bits per heavy atom. The standard InChI is InChI=1S/C27H21BrF2N2O5S/c1-2-36-22-12-16(11-20(28)25(22)37-15-17-5-3-4-6-21(17)30)13-23-26(34)32(27(35)38-23)14-24(33)31-19-9-7-18(29)8-10-19/h3-13H,2,14-15H2,1H3,(H,31,33)/b23-13-. The Labute approximate surface area is 229 Å². The molecule has 11 heteroatoms. The molecule has 0 radical (unpaired) electrons. The highest BCUT2D eigenvalue weighted by molar-refractivity contribution is 9.10. The predicted octanol–water partition coefficient (Wildman–Crippen LogP) is 6.38. The van der Waals surface area contributed by atoms with Gasteiger partial charge in [0.05, 0.1) is 16.0 Å². The fourth-order valence-corrected chi connectivity index (χ4v) is 4.92. The van der Waals surface area contributed by atoms with Gasteiger partial charge >= 0.3 is 0 Å². The number of nitrogens with zero attached hydrogens (tertiary/aromatic N) is 1. The molecule has 0 atom stereocenters. The summed E-state index contributed by atoms with van der Waals surface area (Å²) in [4.78, 5) is 38.7. The van der Waals surface area contributed by atoms with Gasteiger partial charge in [0.15, 0.2) is 11.5 Å². The molecule has 0 aromatic heterocycles. The van der Waals surface area contributed by atoms with Crippen molar-refractivity contribution in [3.8, 4) is 11.5 Å². The second-order valence-electron chi connectivity index (χ2n) is 7.97. The zero-order valence-corrected chi connectivity index (χ0v) is 22.4. The van der Waals surface area contributed by atoms with E-state index in [1.54, 1.807) is 37.3 Å². The van der Waals surface area contributed by atoms with Crippen molar-refractivity contribution < 1.29 is 32.6 Å². The first-order valence-corrected chi connectivity index (χ1v) is 13.0. The summed E-state index contributed by atoms with van der Waals surface area (Å²) in [6.07, 6.45) is 1.51. The summed E-state index contributed by atoms with van der Waals surface area (Å²) in [6.45, 7) is 1.61. The third-order valence-electron chi connectivity index (χ3n) is 5.26. The van der Waals surface area contributed by atoms with Crippen LogP contribution in [0.1, 0.15) is 18.1 Å². The van der Waals surface area contributed by atoms with Crippen LogP contribution in [0.4, 0.5) is 19.3 Å². The second kappa shape index (κ2) is 12.2. The predicted molar refractivity (Wildman–Crippen MR) is 144 cm³/mol. The number of anilines is 1. The lowest BCUT2D eigenvalue weighted by Gasteiger charge is -2.15. The van der Waals surface area contributed by atoms with Gasteiger partial charge in [-0.3, -0.25) is 19.3 Å². The summed E-state index contributed by atoms with van der Waals surface area (Å²) < 4.78 is 39.1. The van der Waals surface area contributed by atoms with E-state index in [-0.39, 0.29) is 17.3 Å². The van der Waals surface area contributed by atoms with Gasteiger partial charge < -0.3 is 14.8 Å². The third-order valence-corrected chi connectivity index (χ3v) is 6.76. The minimum Gasteiger partial charge on any atom is -0.490 e. The zero-order chi connectivity index (χ0) is 27.2. The molecule has 0 saturated carbocycles. The van der Waals surface area contributed by atoms with Crippen LogP contribution in [-0.4, -0.2) is 35.1 Å². The molecule has 38 heavy (non-hydrogen) atoms. The molecule has 0 bridgehead atoms. The average Bonchev–Trinajstić information content (AvgIpc) is 3.13. The van der Waals surface area contributed by atoms with Crippen molar-refractivity contribution in [3.63, 3.8) is 0 Å². The van der Waals surface area contributed by atoms with Crippen molar-refractivity contribution >= 4 is 56.5 Å². The minimum absolute atomic E-state index is 0.0242. The number of amides is 3. The van der Waals surface area contributed by atoms with E-state index in [2.05, 4.69) is 21.2 Å². The van der Waals surface area contributed by atoms with E-state index >= 15 is 0 Å². The molecule has 1 aliphatic rings. The number of ether oxygens (including phenoxy) is 2. The maximum absolute atomic E-state index is 14.0. The number of benzene rings is 3. The number of nitrogens with one attached hydrogen (secondary N) is 1. The Morgan fingerprint density at radius 3 is 2.53 bits per heavy atom. The first kappa shape index (κ1) is 27.3. The van der Waals surface area contributed by atoms with Gasteiger partial charge in [0.1, 0.15) is 24.8 Å². The van der Waals surface area contributed by atoms with Crippen molar-refractivity contribution in [1.29, 1.82) is 0 Å². The van der Waals surface area contributed by atoms with Gasteiger partial charge in [0.25, 0.3) is 11.1 Å². The summed E-state index contributed by atoms with van der Waals surface area (Å²) in [6, 6.07) is 14.7. The molecule has 3 aromatic carbocycles. The third kappa shape index (κ3) is 6.59. The zero-order valence-electron chi connectivity index (χ0n) is 20.0. The molecule has 4 rings (SSSR count). The Morgan fingerprint density at radius 1 is 1.08 bits per heavy atom. The summed E-state index contributed by atoms with van der Waals surface area (Å²) in [5.41, 5.74) is 1.26. The minimum atomic E-state index is -0.622. The normalized spacial score (nSPS) is 14.2. The lowest BCUT2D eigenvalue weighted by atomic mass is 10.1. The van der Waals surface area contributed by atoms with Crippen LogP contribution < -0.4 is 14.8 Å². The van der Waals surface area contributed by atoms with Crippen molar-refractivity contribution in [2.45, 2.75) is 13.5 Å². The summed E-state index contributed by atoms with van der Waals surface area (Å²) in [5.74, 6) is -1.34. The molecule has 1 heterocycles. The maximum atomic E-state index is 14.0. The number of hydrogen-bond acceptors (Lipinski definition) is 6. The van der Waals surface area contributed by atoms with Crippen molar-refractivity contribution in [2.24, 2.45) is 0 Å². The largest absolute Gasteiger partial charge is 0.490 e. The average molecular weight is 603 g/mol. The fraction of sp³-hybridized carbons (Fsp3) is 0.148. The van der Waals surface area contributed by atoms with Crippen LogP contribution in [0.5, 0.6) is 11.5 Å². The molecule has 0 spiro atoms. The number of hydrogen-bond donors (Lipinski definition) is 1. The van der Waals surface area contributed by atoms with Gasteiger partial charge in [-0.15, -0.1) is 0 Å². The molecule has 1 fully saturated rings. The van der Waals surface area contributed by atoms with Gasteiger partial charge in [-0.1, -0.05) is 18.2 Å². The van der Waals surface area contributed by atoms with Crippen LogP contribution in [0, 0.1) is 11.6 Å². The number of carbonyl (C=O) groups is 3. The van der Waals surface area contributed by atoms with E-state index in [4.69, 9.17) is 9.47 Å². The van der Waals surface area contributed by atoms with Crippen LogP contribution in [0.3, 0.4) is 0 Å². The Balaban J connectivity index is 1.49. The van der Waals surface area contributed by atoms with E-state index in [1.165, 1.54) is 36.4 Å². The molecular formula is C27H21BrF2N2O5S. The highest BCUT2D eigenvalue weighted by Crippen LogP contribution is 2.39. The van der Waals surface area contributed by atoms with Gasteiger partial charge in [-0.2, -0.15) is 0 Å². The van der Waals surface area contributed by atoms with Gasteiger partial charge in [-0.25, -0.2) is 8.78 Å². The second-order valence-corrected chi connectivity index (χ2v) is 9.81. The molecule has 7 nitrogen and oxygen atoms in total. The molecular weight excluding hydrogens is 582 g/mol. The number of halogens is 3. The highest BCUT2D eigenvalue weighted by atomic mass is 79.9. The molecule has 0 aliphatic carbocycles. The van der Waals surface area contributed by atoms with Crippen LogP contribution >= 0.6 is 27.7 Å². The van der Waals surface area contributed by atoms with Crippen LogP contribution in [0.2, 0.25) is 0 Å². The van der Waals surface area contributed by atoms with Gasteiger partial charge in [0, 0.05) is 11.3 Å². The Kier molecular flexibility index (Phi) is 8.80. The molecule has 1 N–H and O–H groups in total. The summed E-state index contributed by atoms with van der Waals surface area (Å²) >= 11 is 4.15. The lowest BCUT2D eigenvalue weighted by Crippen LogP contribution is -2.36. The first-order chi connectivity index (χ1) is 18.2. The van der Waals surface area contributed by atoms with E-state index < -0.39 is 29.4 Å². The fourth-order valence-electron chi connectivity index (χ4n) is 3.50. The van der Waals surface area contributed by atoms with E-state index in [0.29, 0.717) is 51.2 Å². The number of imide groups is 1. The summed E-state index contributed by atoms with van der Waals surface area (Å²) in [7, 11) is 0. The first-order valence-electron chi connectivity index (χ1n) is 11.4. The monoisotopic (exact) mass is 602 g/mol. The number of thioether (sulfide) groups is 1. The molecule has 0 unspecified atom stereocenters. The maximum Gasteiger partial charge on any atom is 0.294 e. The van der Waals surface area contributed by atoms with E-state index in [1.807, 2.05) is 0 Å². The highest BCUT2D eigenvalue weighted by Gasteiger charge is 2.36. The molecule has 1 aliphatic heterocycles. The molecule has 3 aromatic rings. The molecule has 3 amide bonds. The van der Waals surface area contributed by atoms with E-state index in [9.17, 15) is 23.2 Å². The lowest BCUT2D eigenvalue weighted by molar-refractivity contribution is -0.127. The quantitative estimate of drug-likeness (QED) is 0.286. The van der Waals surface area contributed by atoms with Crippen LogP contribution in [0.25, 0.3) is 6.08 Å². The molecule has 196 valence electrons. The van der Waals surface area contributed by atoms with Crippen LogP contribution in [-0.2, 0) is 16.2 Å². The number of carbonyl (C=O) groups excluding carboxylic acids is 3. The SMILES string of the molecule is CCOc1cc(/C=C2\SC(=O)N(CC(=O)Nc3ccc(F)cc3)C2=O)cc(Br)c1OCc1ccccc1F. The topological polar surface area (TPSA) is 84.9 Å². The smallest absolute Gasteiger partial charge is 0.294 e. The van der Waals surface area contributed by atoms with E-state index in [0.717, 1.165) is 4.90 Å².